The summed E-state index contributed by atoms with van der Waals surface area (Å²) in [6, 6.07) is 3.78. The van der Waals surface area contributed by atoms with E-state index in [0.29, 0.717) is 16.5 Å². The lowest BCUT2D eigenvalue weighted by Gasteiger charge is -2.18. The Bertz CT molecular complexity index is 577. The summed E-state index contributed by atoms with van der Waals surface area (Å²) < 4.78 is 0.955. The van der Waals surface area contributed by atoms with Crippen LogP contribution < -0.4 is 5.73 Å². The number of thiophene rings is 1. The van der Waals surface area contributed by atoms with Crippen LogP contribution in [0.25, 0.3) is 10.2 Å². The Balaban J connectivity index is 2.36. The average Bonchev–Trinajstić information content (AvgIpc) is 2.66. The number of hydrogen-bond acceptors (Lipinski definition) is 4. The third kappa shape index (κ3) is 2.31. The van der Waals surface area contributed by atoms with Crippen LogP contribution in [0.4, 0.5) is 5.69 Å². The van der Waals surface area contributed by atoms with Crippen molar-refractivity contribution < 1.29 is 4.79 Å². The fraction of sp³-hybridized carbons (Fsp3) is 0.385. The van der Waals surface area contributed by atoms with Crippen LogP contribution in [0.1, 0.15) is 23.5 Å². The zero-order chi connectivity index (χ0) is 13.3. The highest BCUT2D eigenvalue weighted by Gasteiger charge is 2.20. The van der Waals surface area contributed by atoms with Crippen LogP contribution in [-0.4, -0.2) is 29.4 Å². The van der Waals surface area contributed by atoms with Crippen molar-refractivity contribution in [3.05, 3.63) is 23.2 Å². The highest BCUT2D eigenvalue weighted by Crippen LogP contribution is 2.32. The minimum absolute atomic E-state index is 0.0239. The number of amides is 1. The third-order valence-corrected chi connectivity index (χ3v) is 3.81. The van der Waals surface area contributed by atoms with E-state index in [1.165, 1.54) is 11.3 Å². The second kappa shape index (κ2) is 4.94. The molecule has 0 spiro atoms. The summed E-state index contributed by atoms with van der Waals surface area (Å²) in [6.45, 7) is 4.89. The van der Waals surface area contributed by atoms with E-state index in [-0.39, 0.29) is 5.91 Å². The van der Waals surface area contributed by atoms with E-state index in [2.05, 4.69) is 18.8 Å². The topological polar surface area (TPSA) is 59.2 Å². The van der Waals surface area contributed by atoms with E-state index < -0.39 is 0 Å². The number of rotatable bonds is 3. The molecule has 96 valence electrons. The monoisotopic (exact) mass is 263 g/mol. The average molecular weight is 263 g/mol. The Kier molecular flexibility index (Phi) is 3.52. The lowest BCUT2D eigenvalue weighted by molar-refractivity contribution is 0.0785. The minimum Gasteiger partial charge on any atom is -0.396 e. The predicted octanol–water partition coefficient (Wildman–Crippen LogP) is 2.61. The summed E-state index contributed by atoms with van der Waals surface area (Å²) in [5, 5.41) is 0. The van der Waals surface area contributed by atoms with Gasteiger partial charge in [0.25, 0.3) is 5.91 Å². The van der Waals surface area contributed by atoms with Crippen molar-refractivity contribution in [3.63, 3.8) is 0 Å². The van der Waals surface area contributed by atoms with Crippen LogP contribution in [-0.2, 0) is 0 Å². The molecule has 5 heteroatoms. The van der Waals surface area contributed by atoms with Crippen molar-refractivity contribution >= 4 is 33.1 Å². The number of fused-ring (bicyclic) bond motifs is 1. The standard InChI is InChI=1S/C13H17N3OS/c1-8(2)7-16(3)13(17)12-10(14)11-9(18-12)5-4-6-15-11/h4-6,8H,7,14H2,1-3H3. The molecule has 0 saturated carbocycles. The van der Waals surface area contributed by atoms with Gasteiger partial charge in [-0.05, 0) is 18.1 Å². The van der Waals surface area contributed by atoms with Crippen LogP contribution in [0.15, 0.2) is 18.3 Å². The Hall–Kier alpha value is -1.62. The molecular weight excluding hydrogens is 246 g/mol. The molecule has 0 unspecified atom stereocenters. The lowest BCUT2D eigenvalue weighted by atomic mass is 10.2. The van der Waals surface area contributed by atoms with Crippen LogP contribution in [0.5, 0.6) is 0 Å². The molecule has 18 heavy (non-hydrogen) atoms. The van der Waals surface area contributed by atoms with Gasteiger partial charge in [0.15, 0.2) is 0 Å². The largest absolute Gasteiger partial charge is 0.396 e. The van der Waals surface area contributed by atoms with Crippen molar-refractivity contribution in [1.82, 2.24) is 9.88 Å². The molecule has 2 rings (SSSR count). The highest BCUT2D eigenvalue weighted by atomic mass is 32.1. The van der Waals surface area contributed by atoms with Crippen molar-refractivity contribution in [3.8, 4) is 0 Å². The van der Waals surface area contributed by atoms with Crippen LogP contribution >= 0.6 is 11.3 Å². The molecule has 0 fully saturated rings. The van der Waals surface area contributed by atoms with E-state index in [1.807, 2.05) is 12.1 Å². The molecule has 2 aromatic heterocycles. The maximum absolute atomic E-state index is 12.3. The number of pyridine rings is 1. The van der Waals surface area contributed by atoms with Gasteiger partial charge in [-0.15, -0.1) is 11.3 Å². The molecule has 0 aliphatic rings. The number of nitrogens with zero attached hydrogens (tertiary/aromatic N) is 2. The van der Waals surface area contributed by atoms with Gasteiger partial charge >= 0.3 is 0 Å². The molecule has 0 aliphatic carbocycles. The van der Waals surface area contributed by atoms with Crippen LogP contribution in [0.3, 0.4) is 0 Å². The van der Waals surface area contributed by atoms with Crippen molar-refractivity contribution in [2.24, 2.45) is 5.92 Å². The van der Waals surface area contributed by atoms with Gasteiger partial charge in [0, 0.05) is 19.8 Å². The fourth-order valence-electron chi connectivity index (χ4n) is 1.91. The van der Waals surface area contributed by atoms with Crippen molar-refractivity contribution in [2.45, 2.75) is 13.8 Å². The van der Waals surface area contributed by atoms with Gasteiger partial charge in [0.2, 0.25) is 0 Å². The van der Waals surface area contributed by atoms with Gasteiger partial charge in [-0.3, -0.25) is 9.78 Å². The van der Waals surface area contributed by atoms with E-state index in [4.69, 9.17) is 5.73 Å². The summed E-state index contributed by atoms with van der Waals surface area (Å²) in [7, 11) is 1.81. The first-order valence-electron chi connectivity index (χ1n) is 5.89. The molecule has 0 bridgehead atoms. The molecule has 0 radical (unpaired) electrons. The summed E-state index contributed by atoms with van der Waals surface area (Å²) in [6.07, 6.45) is 1.69. The van der Waals surface area contributed by atoms with E-state index in [1.54, 1.807) is 18.1 Å². The third-order valence-electron chi connectivity index (χ3n) is 2.66. The number of carbonyl (C=O) groups is 1. The Morgan fingerprint density at radius 1 is 1.56 bits per heavy atom. The number of hydrogen-bond donors (Lipinski definition) is 1. The molecule has 4 nitrogen and oxygen atoms in total. The van der Waals surface area contributed by atoms with Crippen LogP contribution in [0, 0.1) is 5.92 Å². The number of nitrogen functional groups attached to an aromatic ring is 1. The minimum atomic E-state index is -0.0239. The van der Waals surface area contributed by atoms with Gasteiger partial charge in [0.1, 0.15) is 10.4 Å². The SMILES string of the molecule is CC(C)CN(C)C(=O)c1sc2cccnc2c1N. The van der Waals surface area contributed by atoms with E-state index in [0.717, 1.165) is 16.8 Å². The first kappa shape index (κ1) is 12.8. The van der Waals surface area contributed by atoms with Crippen LogP contribution in [0.2, 0.25) is 0 Å². The summed E-state index contributed by atoms with van der Waals surface area (Å²) in [5.41, 5.74) is 7.23. The number of anilines is 1. The second-order valence-corrected chi connectivity index (χ2v) is 5.83. The summed E-state index contributed by atoms with van der Waals surface area (Å²) in [4.78, 5) is 18.8. The second-order valence-electron chi connectivity index (χ2n) is 4.77. The molecule has 1 amide bonds. The van der Waals surface area contributed by atoms with Gasteiger partial charge in [-0.25, -0.2) is 0 Å². The molecule has 0 atom stereocenters. The zero-order valence-electron chi connectivity index (χ0n) is 10.8. The van der Waals surface area contributed by atoms with E-state index >= 15 is 0 Å². The normalized spacial score (nSPS) is 11.1. The smallest absolute Gasteiger partial charge is 0.265 e. The Labute approximate surface area is 110 Å². The molecule has 0 saturated heterocycles. The number of aromatic nitrogens is 1. The summed E-state index contributed by atoms with van der Waals surface area (Å²) >= 11 is 1.41. The molecule has 0 aromatic carbocycles. The van der Waals surface area contributed by atoms with Crippen molar-refractivity contribution in [2.75, 3.05) is 19.3 Å². The Morgan fingerprint density at radius 3 is 2.89 bits per heavy atom. The highest BCUT2D eigenvalue weighted by molar-refractivity contribution is 7.21. The van der Waals surface area contributed by atoms with Gasteiger partial charge in [-0.2, -0.15) is 0 Å². The molecular formula is C13H17N3OS. The molecule has 2 aromatic rings. The zero-order valence-corrected chi connectivity index (χ0v) is 11.6. The fourth-order valence-corrected chi connectivity index (χ4v) is 2.99. The summed E-state index contributed by atoms with van der Waals surface area (Å²) in [5.74, 6) is 0.414. The maximum atomic E-state index is 12.3. The van der Waals surface area contributed by atoms with Gasteiger partial charge in [-0.1, -0.05) is 13.8 Å². The first-order chi connectivity index (χ1) is 8.50. The van der Waals surface area contributed by atoms with Gasteiger partial charge < -0.3 is 10.6 Å². The lowest BCUT2D eigenvalue weighted by Crippen LogP contribution is -2.30. The predicted molar refractivity (Wildman–Crippen MR) is 75.8 cm³/mol. The van der Waals surface area contributed by atoms with Crippen molar-refractivity contribution in [1.29, 1.82) is 0 Å². The first-order valence-corrected chi connectivity index (χ1v) is 6.70. The van der Waals surface area contributed by atoms with E-state index in [9.17, 15) is 4.79 Å². The molecule has 2 N–H and O–H groups in total. The molecule has 2 heterocycles. The quantitative estimate of drug-likeness (QED) is 0.926. The molecule has 0 aliphatic heterocycles. The van der Waals surface area contributed by atoms with Gasteiger partial charge in [0.05, 0.1) is 10.4 Å². The number of carbonyl (C=O) groups excluding carboxylic acids is 1. The Morgan fingerprint density at radius 2 is 2.28 bits per heavy atom. The number of nitrogens with two attached hydrogens (primary N) is 1. The maximum Gasteiger partial charge on any atom is 0.265 e.